The third-order valence-corrected chi connectivity index (χ3v) is 2.52. The molecule has 4 heteroatoms. The summed E-state index contributed by atoms with van der Waals surface area (Å²) in [6, 6.07) is 0.0269. The van der Waals surface area contributed by atoms with Crippen LogP contribution >= 0.6 is 0 Å². The lowest BCUT2D eigenvalue weighted by molar-refractivity contribution is -0.0600. The van der Waals surface area contributed by atoms with Crippen molar-refractivity contribution in [3.63, 3.8) is 0 Å². The Bertz CT molecular complexity index is 144. The van der Waals surface area contributed by atoms with Crippen LogP contribution in [-0.2, 0) is 4.74 Å². The molecule has 14 heavy (non-hydrogen) atoms. The van der Waals surface area contributed by atoms with Crippen molar-refractivity contribution in [3.05, 3.63) is 0 Å². The fraction of sp³-hybridized carbons (Fsp3) is 1.00. The molecule has 0 fully saturated rings. The standard InChI is InChI=1S/C10H24N2O2/c1-4-12-9(2)10(13,8-14-3)6-5-7-11/h9,12-13H,4-8,11H2,1-3H3. The van der Waals surface area contributed by atoms with E-state index in [4.69, 9.17) is 10.5 Å². The molecule has 0 aromatic carbocycles. The Balaban J connectivity index is 4.19. The lowest BCUT2D eigenvalue weighted by Crippen LogP contribution is -2.52. The van der Waals surface area contributed by atoms with Gasteiger partial charge in [-0.1, -0.05) is 6.92 Å². The second-order valence-corrected chi connectivity index (χ2v) is 3.71. The fourth-order valence-electron chi connectivity index (χ4n) is 1.57. The summed E-state index contributed by atoms with van der Waals surface area (Å²) in [5.41, 5.74) is 4.63. The van der Waals surface area contributed by atoms with Crippen molar-refractivity contribution in [2.75, 3.05) is 26.8 Å². The number of aliphatic hydroxyl groups is 1. The van der Waals surface area contributed by atoms with E-state index in [1.165, 1.54) is 0 Å². The minimum Gasteiger partial charge on any atom is -0.386 e. The van der Waals surface area contributed by atoms with Crippen LogP contribution < -0.4 is 11.1 Å². The minimum atomic E-state index is -0.801. The van der Waals surface area contributed by atoms with Gasteiger partial charge in [0.25, 0.3) is 0 Å². The molecule has 0 aliphatic carbocycles. The maximum atomic E-state index is 10.3. The molecule has 2 atom stereocenters. The predicted molar refractivity (Wildman–Crippen MR) is 58.3 cm³/mol. The lowest BCUT2D eigenvalue weighted by Gasteiger charge is -2.34. The molecule has 4 nitrogen and oxygen atoms in total. The van der Waals surface area contributed by atoms with Crippen molar-refractivity contribution in [3.8, 4) is 0 Å². The van der Waals surface area contributed by atoms with Crippen LogP contribution in [0.2, 0.25) is 0 Å². The first-order valence-corrected chi connectivity index (χ1v) is 5.25. The monoisotopic (exact) mass is 204 g/mol. The molecule has 0 aliphatic rings. The largest absolute Gasteiger partial charge is 0.386 e. The van der Waals surface area contributed by atoms with Crippen LogP contribution in [0.1, 0.15) is 26.7 Å². The molecule has 0 rings (SSSR count). The summed E-state index contributed by atoms with van der Waals surface area (Å²) in [7, 11) is 1.60. The Labute approximate surface area is 86.8 Å². The summed E-state index contributed by atoms with van der Waals surface area (Å²) >= 11 is 0. The summed E-state index contributed by atoms with van der Waals surface area (Å²) < 4.78 is 5.04. The normalized spacial score (nSPS) is 17.8. The van der Waals surface area contributed by atoms with Crippen LogP contribution in [0.5, 0.6) is 0 Å². The molecule has 0 aromatic heterocycles. The topological polar surface area (TPSA) is 67.5 Å². The zero-order valence-corrected chi connectivity index (χ0v) is 9.55. The van der Waals surface area contributed by atoms with Gasteiger partial charge in [0, 0.05) is 13.2 Å². The van der Waals surface area contributed by atoms with E-state index in [1.807, 2.05) is 13.8 Å². The number of nitrogens with two attached hydrogens (primary N) is 1. The van der Waals surface area contributed by atoms with Crippen molar-refractivity contribution in [2.24, 2.45) is 5.73 Å². The van der Waals surface area contributed by atoms with Crippen molar-refractivity contribution in [1.82, 2.24) is 5.32 Å². The van der Waals surface area contributed by atoms with Gasteiger partial charge in [0.1, 0.15) is 5.60 Å². The first-order valence-electron chi connectivity index (χ1n) is 5.25. The first kappa shape index (κ1) is 13.8. The van der Waals surface area contributed by atoms with Crippen molar-refractivity contribution in [1.29, 1.82) is 0 Å². The molecule has 0 saturated carbocycles. The number of likely N-dealkylation sites (N-methyl/N-ethyl adjacent to an activating group) is 1. The molecule has 86 valence electrons. The second-order valence-electron chi connectivity index (χ2n) is 3.71. The van der Waals surface area contributed by atoms with Gasteiger partial charge >= 0.3 is 0 Å². The highest BCUT2D eigenvalue weighted by Gasteiger charge is 2.32. The summed E-state index contributed by atoms with van der Waals surface area (Å²) in [5, 5.41) is 13.5. The van der Waals surface area contributed by atoms with Crippen LogP contribution in [0.3, 0.4) is 0 Å². The van der Waals surface area contributed by atoms with Crippen molar-refractivity contribution in [2.45, 2.75) is 38.3 Å². The lowest BCUT2D eigenvalue weighted by atomic mass is 9.91. The number of rotatable bonds is 8. The minimum absolute atomic E-state index is 0.0269. The molecular formula is C10H24N2O2. The summed E-state index contributed by atoms with van der Waals surface area (Å²) in [5.74, 6) is 0. The summed E-state index contributed by atoms with van der Waals surface area (Å²) in [6.45, 7) is 5.79. The number of nitrogens with one attached hydrogen (secondary N) is 1. The molecule has 0 spiro atoms. The van der Waals surface area contributed by atoms with Crippen LogP contribution in [0.25, 0.3) is 0 Å². The van der Waals surface area contributed by atoms with E-state index < -0.39 is 5.60 Å². The molecule has 0 aromatic rings. The Hall–Kier alpha value is -0.160. The second kappa shape index (κ2) is 7.17. The van der Waals surface area contributed by atoms with Gasteiger partial charge in [0.05, 0.1) is 6.61 Å². The first-order chi connectivity index (χ1) is 6.60. The van der Waals surface area contributed by atoms with E-state index in [0.717, 1.165) is 13.0 Å². The van der Waals surface area contributed by atoms with E-state index in [0.29, 0.717) is 19.6 Å². The van der Waals surface area contributed by atoms with Gasteiger partial charge in [-0.15, -0.1) is 0 Å². The molecule has 0 amide bonds. The molecule has 0 radical (unpaired) electrons. The molecule has 0 heterocycles. The Morgan fingerprint density at radius 2 is 2.21 bits per heavy atom. The Kier molecular flexibility index (Phi) is 7.09. The highest BCUT2D eigenvalue weighted by molar-refractivity contribution is 4.88. The van der Waals surface area contributed by atoms with E-state index in [9.17, 15) is 5.11 Å². The van der Waals surface area contributed by atoms with Gasteiger partial charge in [-0.05, 0) is 32.9 Å². The number of methoxy groups -OCH3 is 1. The highest BCUT2D eigenvalue weighted by atomic mass is 16.5. The Morgan fingerprint density at radius 3 is 2.64 bits per heavy atom. The van der Waals surface area contributed by atoms with E-state index >= 15 is 0 Å². The fourth-order valence-corrected chi connectivity index (χ4v) is 1.57. The quantitative estimate of drug-likeness (QED) is 0.524. The van der Waals surface area contributed by atoms with Gasteiger partial charge in [0.15, 0.2) is 0 Å². The Morgan fingerprint density at radius 1 is 1.57 bits per heavy atom. The maximum Gasteiger partial charge on any atom is 0.103 e. The SMILES string of the molecule is CCNC(C)C(O)(CCCN)COC. The third kappa shape index (κ3) is 4.37. The van der Waals surface area contributed by atoms with Crippen LogP contribution in [0.4, 0.5) is 0 Å². The maximum absolute atomic E-state index is 10.3. The number of hydrogen-bond donors (Lipinski definition) is 3. The average Bonchev–Trinajstić information content (AvgIpc) is 2.15. The zero-order chi connectivity index (χ0) is 11.0. The summed E-state index contributed by atoms with van der Waals surface area (Å²) in [4.78, 5) is 0. The molecule has 2 unspecified atom stereocenters. The highest BCUT2D eigenvalue weighted by Crippen LogP contribution is 2.17. The summed E-state index contributed by atoms with van der Waals surface area (Å²) in [6.07, 6.45) is 1.49. The van der Waals surface area contributed by atoms with Crippen molar-refractivity contribution >= 4 is 0 Å². The van der Waals surface area contributed by atoms with E-state index in [2.05, 4.69) is 5.32 Å². The number of hydrogen-bond acceptors (Lipinski definition) is 4. The third-order valence-electron chi connectivity index (χ3n) is 2.52. The smallest absolute Gasteiger partial charge is 0.103 e. The van der Waals surface area contributed by atoms with Crippen LogP contribution in [0, 0.1) is 0 Å². The van der Waals surface area contributed by atoms with E-state index in [1.54, 1.807) is 7.11 Å². The van der Waals surface area contributed by atoms with Gasteiger partial charge in [-0.2, -0.15) is 0 Å². The van der Waals surface area contributed by atoms with Gasteiger partial charge in [-0.3, -0.25) is 0 Å². The number of ether oxygens (including phenoxy) is 1. The predicted octanol–water partition coefficient (Wildman–Crippen LogP) is 0.101. The molecule has 0 saturated heterocycles. The van der Waals surface area contributed by atoms with Gasteiger partial charge < -0.3 is 20.9 Å². The van der Waals surface area contributed by atoms with Gasteiger partial charge in [0.2, 0.25) is 0 Å². The zero-order valence-electron chi connectivity index (χ0n) is 9.55. The molecular weight excluding hydrogens is 180 g/mol. The van der Waals surface area contributed by atoms with Gasteiger partial charge in [-0.25, -0.2) is 0 Å². The van der Waals surface area contributed by atoms with Crippen LogP contribution in [0.15, 0.2) is 0 Å². The van der Waals surface area contributed by atoms with Crippen molar-refractivity contribution < 1.29 is 9.84 Å². The average molecular weight is 204 g/mol. The van der Waals surface area contributed by atoms with Crippen LogP contribution in [-0.4, -0.2) is 43.6 Å². The molecule has 0 bridgehead atoms. The molecule has 0 aliphatic heterocycles. The van der Waals surface area contributed by atoms with E-state index in [-0.39, 0.29) is 6.04 Å². The molecule has 4 N–H and O–H groups in total.